The number of rotatable bonds is 7. The molecule has 1 aromatic heterocycles. The molecule has 4 rings (SSSR count). The lowest BCUT2D eigenvalue weighted by molar-refractivity contribution is 0.569. The number of hydrogen-bond donors (Lipinski definition) is 1. The van der Waals surface area contributed by atoms with E-state index in [1.54, 1.807) is 47.8 Å². The van der Waals surface area contributed by atoms with Gasteiger partial charge in [0.05, 0.1) is 9.79 Å². The molecule has 1 atom stereocenters. The van der Waals surface area contributed by atoms with Gasteiger partial charge in [0, 0.05) is 11.4 Å². The van der Waals surface area contributed by atoms with Crippen LogP contribution >= 0.6 is 11.3 Å². The number of aryl methyl sites for hydroxylation is 2. The van der Waals surface area contributed by atoms with Crippen LogP contribution in [-0.2, 0) is 32.7 Å². The largest absolute Gasteiger partial charge is 0.240 e. The van der Waals surface area contributed by atoms with Gasteiger partial charge in [-0.3, -0.25) is 0 Å². The second-order valence-corrected chi connectivity index (χ2v) is 12.2. The fourth-order valence-corrected chi connectivity index (χ4v) is 7.77. The van der Waals surface area contributed by atoms with Crippen LogP contribution in [-0.4, -0.2) is 23.4 Å². The quantitative estimate of drug-likeness (QED) is 0.574. The Balaban J connectivity index is 1.61. The smallest absolute Gasteiger partial charge is 0.223 e. The highest BCUT2D eigenvalue weighted by atomic mass is 32.2. The highest BCUT2D eigenvalue weighted by molar-refractivity contribution is 7.92. The lowest BCUT2D eigenvalue weighted by Gasteiger charge is -2.19. The number of nitrogens with one attached hydrogen (secondary N) is 1. The van der Waals surface area contributed by atoms with Crippen molar-refractivity contribution in [3.63, 3.8) is 0 Å². The second-order valence-electron chi connectivity index (χ2n) is 7.35. The summed E-state index contributed by atoms with van der Waals surface area (Å²) in [6.45, 7) is -0.225. The summed E-state index contributed by atoms with van der Waals surface area (Å²) in [5, 5.41) is 0.799. The van der Waals surface area contributed by atoms with Crippen molar-refractivity contribution in [3.05, 3.63) is 82.0 Å². The molecule has 0 saturated carbocycles. The van der Waals surface area contributed by atoms with Crippen molar-refractivity contribution in [2.24, 2.45) is 0 Å². The molecular weight excluding hydrogens is 438 g/mol. The van der Waals surface area contributed by atoms with Gasteiger partial charge in [-0.05, 0) is 72.5 Å². The molecule has 5 nitrogen and oxygen atoms in total. The van der Waals surface area contributed by atoms with Crippen LogP contribution in [0, 0.1) is 0 Å². The standard InChI is InChI=1S/C22H23NO4S3/c24-29(25,19-9-2-1-3-10-19)22(21-11-6-14-28-21)16-23-30(26,27)20-13-12-17-7-4-5-8-18(17)15-20/h1-3,6,9-15,22-23H,4-5,7-8,16H2. The van der Waals surface area contributed by atoms with Gasteiger partial charge in [0.15, 0.2) is 9.84 Å². The average Bonchev–Trinajstić information content (AvgIpc) is 3.28. The fourth-order valence-electron chi connectivity index (χ4n) is 3.76. The maximum atomic E-state index is 13.2. The third-order valence-corrected chi connectivity index (χ3v) is 10.1. The molecule has 0 spiro atoms. The Labute approximate surface area is 181 Å². The van der Waals surface area contributed by atoms with Gasteiger partial charge in [-0.2, -0.15) is 0 Å². The van der Waals surface area contributed by atoms with Crippen LogP contribution in [0.1, 0.15) is 34.1 Å². The molecule has 158 valence electrons. The third kappa shape index (κ3) is 4.37. The van der Waals surface area contributed by atoms with E-state index in [1.165, 1.54) is 29.0 Å². The van der Waals surface area contributed by atoms with E-state index in [1.807, 2.05) is 6.07 Å². The summed E-state index contributed by atoms with van der Waals surface area (Å²) in [4.78, 5) is 0.966. The first kappa shape index (κ1) is 21.2. The Bertz CT molecular complexity index is 1220. The first-order chi connectivity index (χ1) is 14.4. The third-order valence-electron chi connectivity index (χ3n) is 5.40. The van der Waals surface area contributed by atoms with Crippen molar-refractivity contribution in [2.75, 3.05) is 6.54 Å². The van der Waals surface area contributed by atoms with Crippen LogP contribution in [0.3, 0.4) is 0 Å². The number of thiophene rings is 1. The topological polar surface area (TPSA) is 80.3 Å². The van der Waals surface area contributed by atoms with E-state index in [2.05, 4.69) is 4.72 Å². The van der Waals surface area contributed by atoms with E-state index < -0.39 is 25.1 Å². The number of sulfone groups is 1. The van der Waals surface area contributed by atoms with E-state index in [0.717, 1.165) is 31.2 Å². The van der Waals surface area contributed by atoms with Crippen molar-refractivity contribution in [1.82, 2.24) is 4.72 Å². The Morgan fingerprint density at radius 2 is 1.57 bits per heavy atom. The molecule has 2 aromatic carbocycles. The van der Waals surface area contributed by atoms with E-state index in [9.17, 15) is 16.8 Å². The summed E-state index contributed by atoms with van der Waals surface area (Å²) in [5.41, 5.74) is 2.26. The number of fused-ring (bicyclic) bond motifs is 1. The lowest BCUT2D eigenvalue weighted by Crippen LogP contribution is -2.31. The van der Waals surface area contributed by atoms with Crippen molar-refractivity contribution >= 4 is 31.2 Å². The molecule has 8 heteroatoms. The zero-order valence-electron chi connectivity index (χ0n) is 16.3. The molecule has 30 heavy (non-hydrogen) atoms. The predicted molar refractivity (Wildman–Crippen MR) is 119 cm³/mol. The van der Waals surface area contributed by atoms with Gasteiger partial charge in [-0.15, -0.1) is 11.3 Å². The van der Waals surface area contributed by atoms with Crippen molar-refractivity contribution in [3.8, 4) is 0 Å². The fraction of sp³-hybridized carbons (Fsp3) is 0.273. The molecule has 1 aliphatic rings. The van der Waals surface area contributed by atoms with E-state index in [4.69, 9.17) is 0 Å². The Morgan fingerprint density at radius 3 is 2.27 bits per heavy atom. The molecule has 0 radical (unpaired) electrons. The van der Waals surface area contributed by atoms with E-state index >= 15 is 0 Å². The van der Waals surface area contributed by atoms with Gasteiger partial charge in [-0.1, -0.05) is 30.3 Å². The minimum absolute atomic E-state index is 0.177. The molecule has 1 aliphatic carbocycles. The van der Waals surface area contributed by atoms with Gasteiger partial charge in [-0.25, -0.2) is 21.6 Å². The minimum Gasteiger partial charge on any atom is -0.223 e. The first-order valence-corrected chi connectivity index (χ1v) is 13.7. The van der Waals surface area contributed by atoms with Gasteiger partial charge in [0.2, 0.25) is 10.0 Å². The van der Waals surface area contributed by atoms with Gasteiger partial charge < -0.3 is 0 Å². The Kier molecular flexibility index (Phi) is 6.11. The van der Waals surface area contributed by atoms with Crippen LogP contribution < -0.4 is 4.72 Å². The van der Waals surface area contributed by atoms with Crippen LogP contribution in [0.5, 0.6) is 0 Å². The zero-order valence-corrected chi connectivity index (χ0v) is 18.8. The predicted octanol–water partition coefficient (Wildman–Crippen LogP) is 4.12. The first-order valence-electron chi connectivity index (χ1n) is 9.82. The van der Waals surface area contributed by atoms with E-state index in [-0.39, 0.29) is 16.3 Å². The van der Waals surface area contributed by atoms with Crippen molar-refractivity contribution < 1.29 is 16.8 Å². The van der Waals surface area contributed by atoms with Gasteiger partial charge in [0.1, 0.15) is 5.25 Å². The van der Waals surface area contributed by atoms with Crippen LogP contribution in [0.4, 0.5) is 0 Å². The molecule has 0 saturated heterocycles. The molecule has 0 aliphatic heterocycles. The highest BCUT2D eigenvalue weighted by Gasteiger charge is 2.31. The maximum Gasteiger partial charge on any atom is 0.240 e. The summed E-state index contributed by atoms with van der Waals surface area (Å²) in [6.07, 6.45) is 4.02. The molecule has 0 bridgehead atoms. The number of hydrogen-bond acceptors (Lipinski definition) is 5. The summed E-state index contributed by atoms with van der Waals surface area (Å²) >= 11 is 1.30. The summed E-state index contributed by atoms with van der Waals surface area (Å²) in [7, 11) is -7.59. The van der Waals surface area contributed by atoms with Crippen molar-refractivity contribution in [1.29, 1.82) is 0 Å². The van der Waals surface area contributed by atoms with Crippen molar-refractivity contribution in [2.45, 2.75) is 40.7 Å². The molecule has 1 N–H and O–H groups in total. The Morgan fingerprint density at radius 1 is 0.833 bits per heavy atom. The minimum atomic E-state index is -3.83. The second kappa shape index (κ2) is 8.63. The molecule has 0 fully saturated rings. The molecule has 0 amide bonds. The monoisotopic (exact) mass is 461 g/mol. The van der Waals surface area contributed by atoms with Gasteiger partial charge in [0.25, 0.3) is 0 Å². The molecule has 3 aromatic rings. The van der Waals surface area contributed by atoms with Gasteiger partial charge >= 0.3 is 0 Å². The summed E-state index contributed by atoms with van der Waals surface area (Å²) in [6, 6.07) is 16.8. The lowest BCUT2D eigenvalue weighted by atomic mass is 9.92. The summed E-state index contributed by atoms with van der Waals surface area (Å²) < 4.78 is 54.9. The molecular formula is C22H23NO4S3. The summed E-state index contributed by atoms with van der Waals surface area (Å²) in [5.74, 6) is 0. The maximum absolute atomic E-state index is 13.2. The SMILES string of the molecule is O=S(=O)(NCC(c1cccs1)S(=O)(=O)c1ccccc1)c1ccc2c(c1)CCCC2. The molecule has 1 heterocycles. The number of sulfonamides is 1. The normalized spacial score (nSPS) is 15.5. The van der Waals surface area contributed by atoms with Crippen LogP contribution in [0.2, 0.25) is 0 Å². The Hall–Kier alpha value is -2.00. The molecule has 1 unspecified atom stereocenters. The zero-order chi connectivity index (χ0) is 21.2. The van der Waals surface area contributed by atoms with Crippen LogP contribution in [0.25, 0.3) is 0 Å². The van der Waals surface area contributed by atoms with Crippen LogP contribution in [0.15, 0.2) is 75.8 Å². The van der Waals surface area contributed by atoms with E-state index in [0.29, 0.717) is 4.88 Å². The highest BCUT2D eigenvalue weighted by Crippen LogP contribution is 2.32. The number of benzene rings is 2. The average molecular weight is 462 g/mol.